The molecule has 2 aliphatic heterocycles. The fourth-order valence-corrected chi connectivity index (χ4v) is 4.74. The molecule has 1 aromatic carbocycles. The topological polar surface area (TPSA) is 70.6 Å². The molecule has 4 rings (SSSR count). The van der Waals surface area contributed by atoms with Gasteiger partial charge in [-0.1, -0.05) is 13.3 Å². The van der Waals surface area contributed by atoms with Gasteiger partial charge in [-0.2, -0.15) is 0 Å². The highest BCUT2D eigenvalue weighted by Gasteiger charge is 2.27. The summed E-state index contributed by atoms with van der Waals surface area (Å²) < 4.78 is 1.60. The number of likely N-dealkylation sites (N-methyl/N-ethyl adjacent to an activating group) is 1. The predicted molar refractivity (Wildman–Crippen MR) is 118 cm³/mol. The molecule has 7 nitrogen and oxygen atoms in total. The number of primary amides is 1. The quantitative estimate of drug-likeness (QED) is 0.838. The van der Waals surface area contributed by atoms with Gasteiger partial charge in [-0.05, 0) is 44.5 Å². The third-order valence-corrected chi connectivity index (χ3v) is 6.57. The number of piperazine rings is 1. The summed E-state index contributed by atoms with van der Waals surface area (Å²) in [6.07, 6.45) is 5.23. The van der Waals surface area contributed by atoms with Crippen LogP contribution < -0.4 is 10.6 Å². The van der Waals surface area contributed by atoms with Gasteiger partial charge in [-0.15, -0.1) is 0 Å². The highest BCUT2D eigenvalue weighted by atomic mass is 16.2. The largest absolute Gasteiger partial charge is 0.371 e. The van der Waals surface area contributed by atoms with Crippen molar-refractivity contribution in [3.8, 4) is 0 Å². The van der Waals surface area contributed by atoms with Gasteiger partial charge < -0.3 is 15.5 Å². The zero-order valence-corrected chi connectivity index (χ0v) is 17.8. The summed E-state index contributed by atoms with van der Waals surface area (Å²) in [4.78, 5) is 24.3. The lowest BCUT2D eigenvalue weighted by Crippen LogP contribution is -2.52. The minimum Gasteiger partial charge on any atom is -0.371 e. The molecule has 7 heteroatoms. The number of anilines is 1. The number of rotatable bonds is 5. The lowest BCUT2D eigenvalue weighted by Gasteiger charge is -2.42. The summed E-state index contributed by atoms with van der Waals surface area (Å²) in [6, 6.07) is 6.52. The fourth-order valence-electron chi connectivity index (χ4n) is 4.74. The van der Waals surface area contributed by atoms with Gasteiger partial charge in [0, 0.05) is 57.4 Å². The summed E-state index contributed by atoms with van der Waals surface area (Å²) in [5.74, 6) is 0.778. The SMILES string of the molecule is CCCCc1nc2ccc(N3CCC(N4CCN(C)CC4)CC3)cc2n1C(N)=O. The van der Waals surface area contributed by atoms with E-state index in [4.69, 9.17) is 5.73 Å². The van der Waals surface area contributed by atoms with Crippen LogP contribution in [0.3, 0.4) is 0 Å². The number of nitrogens with two attached hydrogens (primary N) is 1. The molecule has 2 aliphatic rings. The molecule has 2 N–H and O–H groups in total. The molecule has 2 aromatic rings. The Bertz CT molecular complexity index is 846. The molecule has 0 aliphatic carbocycles. The van der Waals surface area contributed by atoms with Crippen LogP contribution in [0.15, 0.2) is 18.2 Å². The fraction of sp³-hybridized carbons (Fsp3) is 0.636. The third kappa shape index (κ3) is 4.26. The standard InChI is InChI=1S/C22H34N6O/c1-3-4-5-21-24-19-7-6-18(16-20(19)28(21)22(23)29)26-10-8-17(9-11-26)27-14-12-25(2)13-15-27/h6-7,16-17H,3-5,8-15H2,1-2H3,(H2,23,29). The number of benzene rings is 1. The van der Waals surface area contributed by atoms with Gasteiger partial charge in [0.25, 0.3) is 0 Å². The van der Waals surface area contributed by atoms with Crippen LogP contribution in [0.25, 0.3) is 11.0 Å². The number of carbonyl (C=O) groups is 1. The minimum atomic E-state index is -0.440. The number of piperidine rings is 1. The number of amides is 1. The van der Waals surface area contributed by atoms with Crippen LogP contribution in [0.4, 0.5) is 10.5 Å². The van der Waals surface area contributed by atoms with Crippen molar-refractivity contribution >= 4 is 22.8 Å². The molecule has 2 saturated heterocycles. The van der Waals surface area contributed by atoms with Gasteiger partial charge in [0.15, 0.2) is 0 Å². The Balaban J connectivity index is 1.48. The highest BCUT2D eigenvalue weighted by molar-refractivity contribution is 5.91. The Labute approximate surface area is 173 Å². The van der Waals surface area contributed by atoms with E-state index in [-0.39, 0.29) is 0 Å². The van der Waals surface area contributed by atoms with E-state index in [9.17, 15) is 4.79 Å². The molecule has 29 heavy (non-hydrogen) atoms. The molecule has 1 aromatic heterocycles. The van der Waals surface area contributed by atoms with Crippen LogP contribution in [0.5, 0.6) is 0 Å². The van der Waals surface area contributed by atoms with E-state index in [1.165, 1.54) is 44.7 Å². The summed E-state index contributed by atoms with van der Waals surface area (Å²) >= 11 is 0. The van der Waals surface area contributed by atoms with Crippen LogP contribution in [0, 0.1) is 0 Å². The van der Waals surface area contributed by atoms with Gasteiger partial charge in [0.2, 0.25) is 0 Å². The van der Waals surface area contributed by atoms with Gasteiger partial charge >= 0.3 is 6.03 Å². The molecule has 0 bridgehead atoms. The number of carbonyl (C=O) groups excluding carboxylic acids is 1. The molecule has 0 radical (unpaired) electrons. The number of nitrogens with zero attached hydrogens (tertiary/aromatic N) is 5. The van der Waals surface area contributed by atoms with E-state index in [1.54, 1.807) is 4.57 Å². The number of imidazole rings is 1. The summed E-state index contributed by atoms with van der Waals surface area (Å²) in [6.45, 7) is 8.96. The highest BCUT2D eigenvalue weighted by Crippen LogP contribution is 2.27. The maximum absolute atomic E-state index is 12.1. The van der Waals surface area contributed by atoms with Gasteiger partial charge in [-0.25, -0.2) is 14.3 Å². The summed E-state index contributed by atoms with van der Waals surface area (Å²) in [5.41, 5.74) is 8.55. The summed E-state index contributed by atoms with van der Waals surface area (Å²) in [7, 11) is 2.21. The second kappa shape index (κ2) is 8.71. The second-order valence-corrected chi connectivity index (χ2v) is 8.54. The Morgan fingerprint density at radius 2 is 1.86 bits per heavy atom. The number of hydrogen-bond donors (Lipinski definition) is 1. The molecule has 3 heterocycles. The molecule has 0 unspecified atom stereocenters. The molecule has 2 fully saturated rings. The van der Waals surface area contributed by atoms with E-state index in [2.05, 4.69) is 45.8 Å². The average molecular weight is 399 g/mol. The number of fused-ring (bicyclic) bond motifs is 1. The zero-order valence-electron chi connectivity index (χ0n) is 17.8. The van der Waals surface area contributed by atoms with E-state index >= 15 is 0 Å². The lowest BCUT2D eigenvalue weighted by molar-refractivity contribution is 0.0982. The van der Waals surface area contributed by atoms with E-state index in [0.717, 1.165) is 49.2 Å². The van der Waals surface area contributed by atoms with Crippen LogP contribution in [0.2, 0.25) is 0 Å². The molecular weight excluding hydrogens is 364 g/mol. The Morgan fingerprint density at radius 1 is 1.14 bits per heavy atom. The van der Waals surface area contributed by atoms with E-state index in [0.29, 0.717) is 6.04 Å². The number of aromatic nitrogens is 2. The molecule has 1 amide bonds. The maximum atomic E-state index is 12.1. The Kier molecular flexibility index (Phi) is 6.06. The van der Waals surface area contributed by atoms with Gasteiger partial charge in [0.1, 0.15) is 5.82 Å². The molecule has 158 valence electrons. The zero-order chi connectivity index (χ0) is 20.4. The van der Waals surface area contributed by atoms with Gasteiger partial charge in [-0.3, -0.25) is 4.90 Å². The monoisotopic (exact) mass is 398 g/mol. The van der Waals surface area contributed by atoms with Crippen molar-refractivity contribution in [1.29, 1.82) is 0 Å². The van der Waals surface area contributed by atoms with Crippen molar-refractivity contribution < 1.29 is 4.79 Å². The molecule has 0 atom stereocenters. The first-order valence-corrected chi connectivity index (χ1v) is 11.1. The number of hydrogen-bond acceptors (Lipinski definition) is 5. The van der Waals surface area contributed by atoms with Gasteiger partial charge in [0.05, 0.1) is 11.0 Å². The van der Waals surface area contributed by atoms with Crippen molar-refractivity contribution in [2.24, 2.45) is 5.73 Å². The Hall–Kier alpha value is -2.12. The first kappa shape index (κ1) is 20.2. The molecular formula is C22H34N6O. The van der Waals surface area contributed by atoms with Crippen LogP contribution >= 0.6 is 0 Å². The van der Waals surface area contributed by atoms with Crippen molar-refractivity contribution in [2.75, 3.05) is 51.2 Å². The van der Waals surface area contributed by atoms with Crippen LogP contribution in [-0.4, -0.2) is 77.7 Å². The van der Waals surface area contributed by atoms with Crippen molar-refractivity contribution in [2.45, 2.75) is 45.1 Å². The minimum absolute atomic E-state index is 0.440. The summed E-state index contributed by atoms with van der Waals surface area (Å²) in [5, 5.41) is 0. The predicted octanol–water partition coefficient (Wildman–Crippen LogP) is 2.52. The first-order valence-electron chi connectivity index (χ1n) is 11.1. The number of aryl methyl sites for hydroxylation is 1. The lowest BCUT2D eigenvalue weighted by atomic mass is 10.0. The van der Waals surface area contributed by atoms with Crippen LogP contribution in [0.1, 0.15) is 38.4 Å². The Morgan fingerprint density at radius 3 is 2.52 bits per heavy atom. The van der Waals surface area contributed by atoms with Crippen molar-refractivity contribution in [1.82, 2.24) is 19.4 Å². The molecule has 0 saturated carbocycles. The smallest absolute Gasteiger partial charge is 0.324 e. The normalized spacial score (nSPS) is 19.9. The maximum Gasteiger partial charge on any atom is 0.324 e. The van der Waals surface area contributed by atoms with E-state index in [1.807, 2.05) is 6.07 Å². The number of unbranched alkanes of at least 4 members (excludes halogenated alkanes) is 1. The van der Waals surface area contributed by atoms with Crippen LogP contribution in [-0.2, 0) is 6.42 Å². The van der Waals surface area contributed by atoms with Crippen molar-refractivity contribution in [3.63, 3.8) is 0 Å². The average Bonchev–Trinajstić information content (AvgIpc) is 3.10. The van der Waals surface area contributed by atoms with Crippen molar-refractivity contribution in [3.05, 3.63) is 24.0 Å². The third-order valence-electron chi connectivity index (χ3n) is 6.57. The van der Waals surface area contributed by atoms with E-state index < -0.39 is 6.03 Å². The second-order valence-electron chi connectivity index (χ2n) is 8.54. The molecule has 0 spiro atoms. The first-order chi connectivity index (χ1) is 14.1.